The molecule has 9 heteroatoms. The summed E-state index contributed by atoms with van der Waals surface area (Å²) in [5.41, 5.74) is 0. The van der Waals surface area contributed by atoms with E-state index in [9.17, 15) is 9.59 Å². The summed E-state index contributed by atoms with van der Waals surface area (Å²) in [5.74, 6) is -0.186. The first-order valence-corrected chi connectivity index (χ1v) is 6.85. The van der Waals surface area contributed by atoms with E-state index in [1.54, 1.807) is 0 Å². The minimum atomic E-state index is -0.519. The second-order valence-corrected chi connectivity index (χ2v) is 5.35. The zero-order valence-corrected chi connectivity index (χ0v) is 13.0. The van der Waals surface area contributed by atoms with Crippen molar-refractivity contribution in [3.63, 3.8) is 0 Å². The maximum atomic E-state index is 12.3. The van der Waals surface area contributed by atoms with Gasteiger partial charge in [0.2, 0.25) is 5.91 Å². The molecule has 118 valence electrons. The Hall–Kier alpha value is -1.54. The standard InChI is InChI=1S/C12H20N6O2.ClH/c1-8(2)11(10(19)6-18-7-14-16-17-18)15-12(20)9-4-3-5-13-9;/h7-9,11,13H,3-6H2,1-2H3,(H,15,20);1H/t9-,11?;/m0./s1. The predicted octanol–water partition coefficient (Wildman–Crippen LogP) is -0.443. The maximum Gasteiger partial charge on any atom is 0.237 e. The van der Waals surface area contributed by atoms with Crippen LogP contribution in [0.4, 0.5) is 0 Å². The fraction of sp³-hybridized carbons (Fsp3) is 0.750. The normalized spacial score (nSPS) is 19.1. The number of halogens is 1. The van der Waals surface area contributed by atoms with Crippen molar-refractivity contribution in [2.45, 2.75) is 45.3 Å². The number of carbonyl (C=O) groups excluding carboxylic acids is 2. The molecule has 0 aliphatic carbocycles. The summed E-state index contributed by atoms with van der Waals surface area (Å²) < 4.78 is 1.36. The Kier molecular flexibility index (Phi) is 6.70. The van der Waals surface area contributed by atoms with Gasteiger partial charge in [-0.2, -0.15) is 0 Å². The van der Waals surface area contributed by atoms with Crippen molar-refractivity contribution >= 4 is 24.1 Å². The summed E-state index contributed by atoms with van der Waals surface area (Å²) in [6.07, 6.45) is 3.19. The Bertz CT molecular complexity index is 458. The molecule has 1 aromatic heterocycles. The van der Waals surface area contributed by atoms with E-state index in [4.69, 9.17) is 0 Å². The number of Topliss-reactive ketones (excluding diaryl/α,β-unsaturated/α-hetero) is 1. The number of nitrogens with zero attached hydrogens (tertiary/aromatic N) is 4. The zero-order chi connectivity index (χ0) is 14.5. The van der Waals surface area contributed by atoms with E-state index in [0.29, 0.717) is 0 Å². The Morgan fingerprint density at radius 2 is 2.24 bits per heavy atom. The molecule has 8 nitrogen and oxygen atoms in total. The zero-order valence-electron chi connectivity index (χ0n) is 12.2. The third-order valence-corrected chi connectivity index (χ3v) is 3.40. The van der Waals surface area contributed by atoms with Gasteiger partial charge in [-0.05, 0) is 35.7 Å². The van der Waals surface area contributed by atoms with E-state index in [0.717, 1.165) is 19.4 Å². The summed E-state index contributed by atoms with van der Waals surface area (Å²) in [5, 5.41) is 16.6. The Balaban J connectivity index is 0.00000220. The summed E-state index contributed by atoms with van der Waals surface area (Å²) in [4.78, 5) is 24.3. The van der Waals surface area contributed by atoms with Gasteiger partial charge in [-0.15, -0.1) is 17.5 Å². The van der Waals surface area contributed by atoms with Crippen molar-refractivity contribution in [3.05, 3.63) is 6.33 Å². The molecule has 0 aromatic carbocycles. The highest BCUT2D eigenvalue weighted by Crippen LogP contribution is 2.09. The average Bonchev–Trinajstić information content (AvgIpc) is 3.07. The molecule has 1 unspecified atom stereocenters. The van der Waals surface area contributed by atoms with Crippen LogP contribution in [0.3, 0.4) is 0 Å². The first-order chi connectivity index (χ1) is 9.58. The predicted molar refractivity (Wildman–Crippen MR) is 77.9 cm³/mol. The number of carbonyl (C=O) groups is 2. The second-order valence-electron chi connectivity index (χ2n) is 5.35. The largest absolute Gasteiger partial charge is 0.345 e. The molecule has 2 N–H and O–H groups in total. The highest BCUT2D eigenvalue weighted by atomic mass is 35.5. The molecule has 1 saturated heterocycles. The molecular weight excluding hydrogens is 296 g/mol. The molecule has 2 atom stereocenters. The molecule has 2 heterocycles. The molecule has 1 aliphatic heterocycles. The molecule has 0 bridgehead atoms. The molecule has 0 saturated carbocycles. The number of rotatable bonds is 6. The van der Waals surface area contributed by atoms with E-state index in [-0.39, 0.29) is 42.6 Å². The third-order valence-electron chi connectivity index (χ3n) is 3.40. The lowest BCUT2D eigenvalue weighted by Gasteiger charge is -2.23. The highest BCUT2D eigenvalue weighted by Gasteiger charge is 2.29. The average molecular weight is 317 g/mol. The maximum absolute atomic E-state index is 12.3. The summed E-state index contributed by atoms with van der Waals surface area (Å²) in [7, 11) is 0. The number of amides is 1. The molecule has 1 aromatic rings. The Labute approximate surface area is 129 Å². The first-order valence-electron chi connectivity index (χ1n) is 6.85. The third kappa shape index (κ3) is 4.75. The number of aromatic nitrogens is 4. The van der Waals surface area contributed by atoms with Crippen LogP contribution >= 0.6 is 12.4 Å². The SMILES string of the molecule is CC(C)C(NC(=O)[C@@H]1CCCN1)C(=O)Cn1cnnn1.Cl. The molecule has 1 amide bonds. The topological polar surface area (TPSA) is 102 Å². The van der Waals surface area contributed by atoms with Gasteiger partial charge < -0.3 is 10.6 Å². The summed E-state index contributed by atoms with van der Waals surface area (Å²) in [6.45, 7) is 4.73. The van der Waals surface area contributed by atoms with Gasteiger partial charge in [-0.1, -0.05) is 13.8 Å². The molecular formula is C12H21ClN6O2. The summed E-state index contributed by atoms with van der Waals surface area (Å²) >= 11 is 0. The van der Waals surface area contributed by atoms with Crippen LogP contribution in [0.2, 0.25) is 0 Å². The van der Waals surface area contributed by atoms with Gasteiger partial charge in [0, 0.05) is 0 Å². The van der Waals surface area contributed by atoms with Crippen LogP contribution < -0.4 is 10.6 Å². The molecule has 1 aliphatic rings. The van der Waals surface area contributed by atoms with Gasteiger partial charge in [0.15, 0.2) is 5.78 Å². The van der Waals surface area contributed by atoms with Crippen LogP contribution in [0.1, 0.15) is 26.7 Å². The highest BCUT2D eigenvalue weighted by molar-refractivity contribution is 5.91. The van der Waals surface area contributed by atoms with E-state index >= 15 is 0 Å². The van der Waals surface area contributed by atoms with Crippen LogP contribution in [0.15, 0.2) is 6.33 Å². The monoisotopic (exact) mass is 316 g/mol. The number of tetrazole rings is 1. The van der Waals surface area contributed by atoms with Crippen LogP contribution in [-0.2, 0) is 16.1 Å². The van der Waals surface area contributed by atoms with Crippen molar-refractivity contribution in [2.24, 2.45) is 5.92 Å². The number of nitrogens with one attached hydrogen (secondary N) is 2. The van der Waals surface area contributed by atoms with Crippen molar-refractivity contribution in [1.82, 2.24) is 30.8 Å². The van der Waals surface area contributed by atoms with E-state index < -0.39 is 6.04 Å². The fourth-order valence-corrected chi connectivity index (χ4v) is 2.29. The van der Waals surface area contributed by atoms with Crippen molar-refractivity contribution in [1.29, 1.82) is 0 Å². The van der Waals surface area contributed by atoms with Crippen molar-refractivity contribution < 1.29 is 9.59 Å². The smallest absolute Gasteiger partial charge is 0.237 e. The lowest BCUT2D eigenvalue weighted by Crippen LogP contribution is -2.51. The van der Waals surface area contributed by atoms with Gasteiger partial charge >= 0.3 is 0 Å². The van der Waals surface area contributed by atoms with Gasteiger partial charge in [0.05, 0.1) is 12.1 Å². The number of hydrogen-bond donors (Lipinski definition) is 2. The second kappa shape index (κ2) is 8.04. The first kappa shape index (κ1) is 17.5. The van der Waals surface area contributed by atoms with E-state index in [2.05, 4.69) is 26.2 Å². The van der Waals surface area contributed by atoms with Crippen LogP contribution in [0.5, 0.6) is 0 Å². The van der Waals surface area contributed by atoms with Gasteiger partial charge in [-0.25, -0.2) is 4.68 Å². The molecule has 1 fully saturated rings. The van der Waals surface area contributed by atoms with Gasteiger partial charge in [0.1, 0.15) is 12.9 Å². The van der Waals surface area contributed by atoms with E-state index in [1.807, 2.05) is 13.8 Å². The Morgan fingerprint density at radius 3 is 2.76 bits per heavy atom. The van der Waals surface area contributed by atoms with Crippen LogP contribution in [-0.4, -0.2) is 50.5 Å². The lowest BCUT2D eigenvalue weighted by molar-refractivity contribution is -0.130. The minimum absolute atomic E-state index is 0. The fourth-order valence-electron chi connectivity index (χ4n) is 2.29. The summed E-state index contributed by atoms with van der Waals surface area (Å²) in [6, 6.07) is -0.703. The minimum Gasteiger partial charge on any atom is -0.345 e. The molecule has 2 rings (SSSR count). The van der Waals surface area contributed by atoms with Crippen LogP contribution in [0.25, 0.3) is 0 Å². The lowest BCUT2D eigenvalue weighted by atomic mass is 9.99. The van der Waals surface area contributed by atoms with E-state index in [1.165, 1.54) is 11.0 Å². The number of hydrogen-bond acceptors (Lipinski definition) is 6. The molecule has 0 spiro atoms. The van der Waals surface area contributed by atoms with Crippen molar-refractivity contribution in [3.8, 4) is 0 Å². The van der Waals surface area contributed by atoms with Gasteiger partial charge in [-0.3, -0.25) is 9.59 Å². The quantitative estimate of drug-likeness (QED) is 0.737. The molecule has 21 heavy (non-hydrogen) atoms. The number of ketones is 1. The molecule has 0 radical (unpaired) electrons. The van der Waals surface area contributed by atoms with Crippen LogP contribution in [0, 0.1) is 5.92 Å². The van der Waals surface area contributed by atoms with Gasteiger partial charge in [0.25, 0.3) is 0 Å². The Morgan fingerprint density at radius 1 is 1.48 bits per heavy atom. The van der Waals surface area contributed by atoms with Crippen molar-refractivity contribution in [2.75, 3.05) is 6.54 Å².